The van der Waals surface area contributed by atoms with Crippen LogP contribution in [-0.4, -0.2) is 39.8 Å². The van der Waals surface area contributed by atoms with Crippen LogP contribution in [0.5, 0.6) is 0 Å². The molecular weight excluding hydrogens is 439 g/mol. The van der Waals surface area contributed by atoms with Crippen LogP contribution in [0.25, 0.3) is 21.7 Å². The Kier molecular flexibility index (Phi) is 6.08. The van der Waals surface area contributed by atoms with Crippen molar-refractivity contribution in [3.8, 4) is 11.5 Å². The van der Waals surface area contributed by atoms with E-state index in [0.29, 0.717) is 17.2 Å². The molecule has 0 aliphatic heterocycles. The molecule has 0 atom stereocenters. The van der Waals surface area contributed by atoms with Crippen molar-refractivity contribution in [1.29, 1.82) is 0 Å². The molecule has 0 aliphatic rings. The Morgan fingerprint density at radius 1 is 1.19 bits per heavy atom. The van der Waals surface area contributed by atoms with Gasteiger partial charge in [0.1, 0.15) is 12.4 Å². The summed E-state index contributed by atoms with van der Waals surface area (Å²) in [7, 11) is 0. The van der Waals surface area contributed by atoms with Crippen LogP contribution < -0.4 is 10.7 Å². The van der Waals surface area contributed by atoms with Gasteiger partial charge in [0, 0.05) is 12.1 Å². The molecule has 32 heavy (non-hydrogen) atoms. The van der Waals surface area contributed by atoms with E-state index in [1.54, 1.807) is 6.92 Å². The van der Waals surface area contributed by atoms with Gasteiger partial charge in [-0.3, -0.25) is 14.5 Å². The highest BCUT2D eigenvalue weighted by atomic mass is 32.1. The van der Waals surface area contributed by atoms with Crippen LogP contribution in [0.3, 0.4) is 0 Å². The van der Waals surface area contributed by atoms with Gasteiger partial charge in [0.15, 0.2) is 11.7 Å². The van der Waals surface area contributed by atoms with Crippen molar-refractivity contribution in [3.63, 3.8) is 0 Å². The Morgan fingerprint density at radius 3 is 2.66 bits per heavy atom. The van der Waals surface area contributed by atoms with Gasteiger partial charge in [-0.25, -0.2) is 14.2 Å². The Hall–Kier alpha value is -3.86. The van der Waals surface area contributed by atoms with Gasteiger partial charge in [0.05, 0.1) is 10.2 Å². The van der Waals surface area contributed by atoms with Crippen molar-refractivity contribution < 1.29 is 23.1 Å². The zero-order valence-electron chi connectivity index (χ0n) is 16.9. The largest absolute Gasteiger partial charge is 0.454 e. The number of hydrogen-bond acceptors (Lipinski definition) is 8. The standard InChI is InChI=1S/C21H17FN4O5S/c1-2-25(20-23-15-5-3-4-6-16(15)32-20)17(27)12-30-18(28)11-26-21(29)31-19(24-26)13-7-9-14(22)10-8-13/h3-10H,2,11-12H2,1H3. The van der Waals surface area contributed by atoms with Crippen LogP contribution in [0.1, 0.15) is 6.92 Å². The van der Waals surface area contributed by atoms with Crippen LogP contribution in [0.2, 0.25) is 0 Å². The predicted octanol–water partition coefficient (Wildman–Crippen LogP) is 2.85. The van der Waals surface area contributed by atoms with Crippen molar-refractivity contribution >= 4 is 38.6 Å². The monoisotopic (exact) mass is 456 g/mol. The van der Waals surface area contributed by atoms with E-state index in [1.165, 1.54) is 40.5 Å². The number of anilines is 1. The number of carbonyl (C=O) groups excluding carboxylic acids is 2. The first-order valence-electron chi connectivity index (χ1n) is 9.60. The maximum Gasteiger partial charge on any atom is 0.437 e. The van der Waals surface area contributed by atoms with Gasteiger partial charge in [0.2, 0.25) is 5.89 Å². The minimum absolute atomic E-state index is 0.0631. The molecule has 11 heteroatoms. The average Bonchev–Trinajstić information content (AvgIpc) is 3.37. The first-order chi connectivity index (χ1) is 15.4. The number of benzene rings is 2. The molecule has 0 saturated carbocycles. The normalized spacial score (nSPS) is 10.9. The fraction of sp³-hybridized carbons (Fsp3) is 0.190. The molecule has 0 saturated heterocycles. The predicted molar refractivity (Wildman–Crippen MR) is 115 cm³/mol. The summed E-state index contributed by atoms with van der Waals surface area (Å²) in [5.41, 5.74) is 1.15. The molecule has 9 nitrogen and oxygen atoms in total. The number of thiazole rings is 1. The number of esters is 1. The Labute approximate surface area is 184 Å². The number of fused-ring (bicyclic) bond motifs is 1. The zero-order valence-corrected chi connectivity index (χ0v) is 17.7. The highest BCUT2D eigenvalue weighted by Crippen LogP contribution is 2.28. The third-order valence-electron chi connectivity index (χ3n) is 4.46. The van der Waals surface area contributed by atoms with Crippen LogP contribution in [0.4, 0.5) is 9.52 Å². The number of hydrogen-bond donors (Lipinski definition) is 0. The van der Waals surface area contributed by atoms with E-state index in [2.05, 4.69) is 10.1 Å². The second-order valence-corrected chi connectivity index (χ2v) is 7.61. The molecule has 0 radical (unpaired) electrons. The molecule has 0 spiro atoms. The Balaban J connectivity index is 1.38. The quantitative estimate of drug-likeness (QED) is 0.394. The van der Waals surface area contributed by atoms with Crippen molar-refractivity contribution in [2.24, 2.45) is 0 Å². The lowest BCUT2D eigenvalue weighted by molar-refractivity contribution is -0.148. The van der Waals surface area contributed by atoms with E-state index in [-0.39, 0.29) is 5.89 Å². The first-order valence-corrected chi connectivity index (χ1v) is 10.4. The number of ether oxygens (including phenoxy) is 1. The van der Waals surface area contributed by atoms with E-state index in [4.69, 9.17) is 9.15 Å². The van der Waals surface area contributed by atoms with Crippen LogP contribution >= 0.6 is 11.3 Å². The highest BCUT2D eigenvalue weighted by molar-refractivity contribution is 7.22. The Bertz CT molecular complexity index is 1290. The molecule has 0 aliphatic carbocycles. The fourth-order valence-electron chi connectivity index (χ4n) is 2.90. The van der Waals surface area contributed by atoms with Gasteiger partial charge >= 0.3 is 11.7 Å². The minimum Gasteiger partial charge on any atom is -0.454 e. The van der Waals surface area contributed by atoms with Gasteiger partial charge in [0.25, 0.3) is 5.91 Å². The van der Waals surface area contributed by atoms with E-state index in [0.717, 1.165) is 14.9 Å². The van der Waals surface area contributed by atoms with Gasteiger partial charge in [-0.05, 0) is 43.3 Å². The molecule has 4 rings (SSSR count). The van der Waals surface area contributed by atoms with Gasteiger partial charge in [-0.2, -0.15) is 4.68 Å². The lowest BCUT2D eigenvalue weighted by atomic mass is 10.2. The molecule has 2 aromatic heterocycles. The number of para-hydroxylation sites is 1. The van der Waals surface area contributed by atoms with Crippen LogP contribution in [0, 0.1) is 5.82 Å². The molecule has 2 heterocycles. The Morgan fingerprint density at radius 2 is 1.94 bits per heavy atom. The second kappa shape index (κ2) is 9.10. The van der Waals surface area contributed by atoms with Crippen molar-refractivity contribution in [2.45, 2.75) is 13.5 Å². The number of nitrogens with zero attached hydrogens (tertiary/aromatic N) is 4. The summed E-state index contributed by atoms with van der Waals surface area (Å²) < 4.78 is 24.8. The average molecular weight is 456 g/mol. The molecule has 0 fully saturated rings. The maximum absolute atomic E-state index is 13.0. The van der Waals surface area contributed by atoms with E-state index >= 15 is 0 Å². The number of amides is 1. The molecule has 1 amide bonds. The van der Waals surface area contributed by atoms with Gasteiger partial charge in [-0.1, -0.05) is 23.5 Å². The highest BCUT2D eigenvalue weighted by Gasteiger charge is 2.20. The van der Waals surface area contributed by atoms with Crippen molar-refractivity contribution in [3.05, 3.63) is 64.9 Å². The fourth-order valence-corrected chi connectivity index (χ4v) is 3.94. The zero-order chi connectivity index (χ0) is 22.7. The maximum atomic E-state index is 13.0. The molecule has 0 unspecified atom stereocenters. The van der Waals surface area contributed by atoms with Crippen molar-refractivity contribution in [1.82, 2.24) is 14.8 Å². The molecule has 164 valence electrons. The van der Waals surface area contributed by atoms with Gasteiger partial charge < -0.3 is 9.15 Å². The smallest absolute Gasteiger partial charge is 0.437 e. The van der Waals surface area contributed by atoms with Crippen LogP contribution in [-0.2, 0) is 20.9 Å². The SMILES string of the molecule is CCN(C(=O)COC(=O)Cn1nc(-c2ccc(F)cc2)oc1=O)c1nc2ccccc2s1. The molecule has 0 bridgehead atoms. The number of aromatic nitrogens is 3. The number of rotatable bonds is 7. The van der Waals surface area contributed by atoms with Crippen LogP contribution in [0.15, 0.2) is 57.7 Å². The third-order valence-corrected chi connectivity index (χ3v) is 5.52. The van der Waals surface area contributed by atoms with Crippen molar-refractivity contribution in [2.75, 3.05) is 18.1 Å². The van der Waals surface area contributed by atoms with E-state index in [9.17, 15) is 18.8 Å². The minimum atomic E-state index is -0.878. The lowest BCUT2D eigenvalue weighted by Crippen LogP contribution is -2.35. The number of carbonyl (C=O) groups is 2. The van der Waals surface area contributed by atoms with E-state index < -0.39 is 36.6 Å². The molecule has 0 N–H and O–H groups in total. The summed E-state index contributed by atoms with van der Waals surface area (Å²) >= 11 is 1.36. The lowest BCUT2D eigenvalue weighted by Gasteiger charge is -2.17. The molecular formula is C21H17FN4O5S. The number of halogens is 1. The second-order valence-electron chi connectivity index (χ2n) is 6.60. The topological polar surface area (TPSA) is 108 Å². The summed E-state index contributed by atoms with van der Waals surface area (Å²) in [6.07, 6.45) is 0. The van der Waals surface area contributed by atoms with Gasteiger partial charge in [-0.15, -0.1) is 5.10 Å². The first kappa shape index (κ1) is 21.4. The summed E-state index contributed by atoms with van der Waals surface area (Å²) in [5.74, 6) is -2.67. The third kappa shape index (κ3) is 4.57. The van der Waals surface area contributed by atoms with E-state index in [1.807, 2.05) is 24.3 Å². The molecule has 2 aromatic carbocycles. The number of likely N-dealkylation sites (N-methyl/N-ethyl adjacent to an activating group) is 1. The summed E-state index contributed by atoms with van der Waals surface area (Å²) in [6.45, 7) is 1.09. The summed E-state index contributed by atoms with van der Waals surface area (Å²) in [4.78, 5) is 42.5. The molecule has 4 aromatic rings. The summed E-state index contributed by atoms with van der Waals surface area (Å²) in [6, 6.07) is 12.7. The summed E-state index contributed by atoms with van der Waals surface area (Å²) in [5, 5.41) is 4.42.